The molecule has 6 heteroatoms. The van der Waals surface area contributed by atoms with Crippen molar-refractivity contribution >= 4 is 12.1 Å². The van der Waals surface area contributed by atoms with Gasteiger partial charge < -0.3 is 14.5 Å². The Morgan fingerprint density at radius 1 is 1.29 bits per heavy atom. The highest BCUT2D eigenvalue weighted by atomic mass is 16.6. The van der Waals surface area contributed by atoms with Crippen LogP contribution in [0.1, 0.15) is 11.3 Å². The number of carbonyl (C=O) groups is 1. The maximum atomic E-state index is 11.8. The molecule has 0 aliphatic carbocycles. The normalized spacial score (nSPS) is 13.3. The van der Waals surface area contributed by atoms with Gasteiger partial charge in [0.1, 0.15) is 13.2 Å². The molecule has 21 heavy (non-hydrogen) atoms. The van der Waals surface area contributed by atoms with E-state index >= 15 is 0 Å². The molecule has 0 spiro atoms. The number of benzene rings is 1. The van der Waals surface area contributed by atoms with Crippen molar-refractivity contribution in [3.05, 3.63) is 47.8 Å². The number of H-pyrrole nitrogens is 1. The molecule has 1 aromatic carbocycles. The SMILES string of the molecule is O=C(Cc1ccc2c(c1)OCCO2)N/N=C/c1ccc[nH]1. The van der Waals surface area contributed by atoms with Gasteiger partial charge in [-0.3, -0.25) is 4.79 Å². The third-order valence-electron chi connectivity index (χ3n) is 2.99. The predicted octanol–water partition coefficient (Wildman–Crippen LogP) is 1.48. The number of fused-ring (bicyclic) bond motifs is 1. The van der Waals surface area contributed by atoms with Crippen LogP contribution in [0.3, 0.4) is 0 Å². The summed E-state index contributed by atoms with van der Waals surface area (Å²) in [7, 11) is 0. The number of aromatic amines is 1. The highest BCUT2D eigenvalue weighted by molar-refractivity contribution is 5.82. The highest BCUT2D eigenvalue weighted by Gasteiger charge is 2.12. The standard InChI is InChI=1S/C15H15N3O3/c19-15(18-17-10-12-2-1-5-16-12)9-11-3-4-13-14(8-11)21-7-6-20-13/h1-5,8,10,16H,6-7,9H2,(H,18,19)/b17-10+. The maximum absolute atomic E-state index is 11.8. The molecule has 0 unspecified atom stereocenters. The second-order valence-electron chi connectivity index (χ2n) is 4.57. The van der Waals surface area contributed by atoms with Gasteiger partial charge in [-0.1, -0.05) is 6.07 Å². The van der Waals surface area contributed by atoms with Gasteiger partial charge >= 0.3 is 0 Å². The van der Waals surface area contributed by atoms with E-state index in [1.54, 1.807) is 12.4 Å². The third-order valence-corrected chi connectivity index (χ3v) is 2.99. The predicted molar refractivity (Wildman–Crippen MR) is 77.7 cm³/mol. The second kappa shape index (κ2) is 6.13. The van der Waals surface area contributed by atoms with Crippen molar-refractivity contribution < 1.29 is 14.3 Å². The van der Waals surface area contributed by atoms with Crippen molar-refractivity contribution in [2.45, 2.75) is 6.42 Å². The molecule has 108 valence electrons. The quantitative estimate of drug-likeness (QED) is 0.660. The molecule has 0 saturated carbocycles. The summed E-state index contributed by atoms with van der Waals surface area (Å²) in [6.45, 7) is 1.09. The van der Waals surface area contributed by atoms with Crippen LogP contribution in [0.15, 0.2) is 41.6 Å². The van der Waals surface area contributed by atoms with E-state index in [4.69, 9.17) is 9.47 Å². The molecule has 3 rings (SSSR count). The molecule has 6 nitrogen and oxygen atoms in total. The molecule has 2 aromatic rings. The Kier molecular flexibility index (Phi) is 3.86. The number of carbonyl (C=O) groups excluding carboxylic acids is 1. The monoisotopic (exact) mass is 285 g/mol. The third kappa shape index (κ3) is 3.42. The molecule has 1 aromatic heterocycles. The Morgan fingerprint density at radius 3 is 2.95 bits per heavy atom. The molecule has 1 amide bonds. The van der Waals surface area contributed by atoms with E-state index in [1.807, 2.05) is 30.3 Å². The van der Waals surface area contributed by atoms with Gasteiger partial charge in [0.25, 0.3) is 0 Å². The minimum Gasteiger partial charge on any atom is -0.486 e. The van der Waals surface area contributed by atoms with Gasteiger partial charge in [0.15, 0.2) is 11.5 Å². The summed E-state index contributed by atoms with van der Waals surface area (Å²) in [4.78, 5) is 14.8. The Labute approximate surface area is 121 Å². The van der Waals surface area contributed by atoms with E-state index in [-0.39, 0.29) is 12.3 Å². The van der Waals surface area contributed by atoms with E-state index in [1.165, 1.54) is 0 Å². The van der Waals surface area contributed by atoms with Crippen molar-refractivity contribution in [1.29, 1.82) is 0 Å². The van der Waals surface area contributed by atoms with Gasteiger partial charge in [-0.2, -0.15) is 5.10 Å². The number of ether oxygens (including phenoxy) is 2. The number of aromatic nitrogens is 1. The number of hydrazone groups is 1. The lowest BCUT2D eigenvalue weighted by Crippen LogP contribution is -2.20. The molecule has 0 radical (unpaired) electrons. The number of rotatable bonds is 4. The van der Waals surface area contributed by atoms with Crippen molar-refractivity contribution in [3.63, 3.8) is 0 Å². The molecular formula is C15H15N3O3. The lowest BCUT2D eigenvalue weighted by molar-refractivity contribution is -0.120. The molecule has 0 fully saturated rings. The van der Waals surface area contributed by atoms with Crippen LogP contribution in [-0.4, -0.2) is 30.3 Å². The molecule has 0 saturated heterocycles. The smallest absolute Gasteiger partial charge is 0.244 e. The van der Waals surface area contributed by atoms with Crippen LogP contribution in [0, 0.1) is 0 Å². The van der Waals surface area contributed by atoms with Crippen LogP contribution in [0.4, 0.5) is 0 Å². The fourth-order valence-electron chi connectivity index (χ4n) is 2.02. The van der Waals surface area contributed by atoms with Crippen LogP contribution in [0.5, 0.6) is 11.5 Å². The fraction of sp³-hybridized carbons (Fsp3) is 0.200. The van der Waals surface area contributed by atoms with Crippen molar-refractivity contribution in [2.24, 2.45) is 5.10 Å². The molecule has 1 aliphatic rings. The largest absolute Gasteiger partial charge is 0.486 e. The molecule has 1 aliphatic heterocycles. The average Bonchev–Trinajstić information content (AvgIpc) is 3.00. The topological polar surface area (TPSA) is 75.7 Å². The summed E-state index contributed by atoms with van der Waals surface area (Å²) in [6.07, 6.45) is 3.58. The maximum Gasteiger partial charge on any atom is 0.244 e. The van der Waals surface area contributed by atoms with Crippen molar-refractivity contribution in [2.75, 3.05) is 13.2 Å². The molecule has 2 heterocycles. The zero-order valence-electron chi connectivity index (χ0n) is 11.3. The van der Waals surface area contributed by atoms with E-state index in [0.717, 1.165) is 17.0 Å². The first-order valence-corrected chi connectivity index (χ1v) is 6.65. The molecular weight excluding hydrogens is 270 g/mol. The summed E-state index contributed by atoms with van der Waals surface area (Å²) >= 11 is 0. The van der Waals surface area contributed by atoms with Gasteiger partial charge in [0.2, 0.25) is 5.91 Å². The summed E-state index contributed by atoms with van der Waals surface area (Å²) in [5.41, 5.74) is 4.17. The van der Waals surface area contributed by atoms with Crippen LogP contribution in [-0.2, 0) is 11.2 Å². The Bertz CT molecular complexity index is 650. The van der Waals surface area contributed by atoms with Crippen LogP contribution < -0.4 is 14.9 Å². The fourth-order valence-corrected chi connectivity index (χ4v) is 2.02. The van der Waals surface area contributed by atoms with E-state index in [0.29, 0.717) is 19.0 Å². The number of nitrogens with one attached hydrogen (secondary N) is 2. The van der Waals surface area contributed by atoms with Crippen molar-refractivity contribution in [3.8, 4) is 11.5 Å². The van der Waals surface area contributed by atoms with Gasteiger partial charge in [0, 0.05) is 6.20 Å². The van der Waals surface area contributed by atoms with Crippen LogP contribution in [0.25, 0.3) is 0 Å². The summed E-state index contributed by atoms with van der Waals surface area (Å²) in [6, 6.07) is 9.21. The first-order chi connectivity index (χ1) is 10.3. The lowest BCUT2D eigenvalue weighted by Gasteiger charge is -2.18. The highest BCUT2D eigenvalue weighted by Crippen LogP contribution is 2.30. The number of hydrogen-bond acceptors (Lipinski definition) is 4. The van der Waals surface area contributed by atoms with Gasteiger partial charge in [0.05, 0.1) is 18.3 Å². The molecule has 0 bridgehead atoms. The Morgan fingerprint density at radius 2 is 2.14 bits per heavy atom. The van der Waals surface area contributed by atoms with Gasteiger partial charge in [-0.25, -0.2) is 5.43 Å². The Hall–Kier alpha value is -2.76. The van der Waals surface area contributed by atoms with Gasteiger partial charge in [-0.15, -0.1) is 0 Å². The zero-order chi connectivity index (χ0) is 14.5. The van der Waals surface area contributed by atoms with Crippen molar-refractivity contribution in [1.82, 2.24) is 10.4 Å². The minimum absolute atomic E-state index is 0.186. The average molecular weight is 285 g/mol. The van der Waals surface area contributed by atoms with Crippen LogP contribution >= 0.6 is 0 Å². The number of nitrogens with zero attached hydrogens (tertiary/aromatic N) is 1. The first-order valence-electron chi connectivity index (χ1n) is 6.65. The van der Waals surface area contributed by atoms with Crippen LogP contribution in [0.2, 0.25) is 0 Å². The Balaban J connectivity index is 1.57. The summed E-state index contributed by atoms with van der Waals surface area (Å²) in [5.74, 6) is 1.21. The number of hydrogen-bond donors (Lipinski definition) is 2. The minimum atomic E-state index is -0.186. The summed E-state index contributed by atoms with van der Waals surface area (Å²) < 4.78 is 10.9. The zero-order valence-corrected chi connectivity index (χ0v) is 11.3. The lowest BCUT2D eigenvalue weighted by atomic mass is 10.1. The molecule has 0 atom stereocenters. The summed E-state index contributed by atoms with van der Waals surface area (Å²) in [5, 5.41) is 3.89. The van der Waals surface area contributed by atoms with E-state index in [9.17, 15) is 4.79 Å². The van der Waals surface area contributed by atoms with E-state index in [2.05, 4.69) is 15.5 Å². The number of amides is 1. The second-order valence-corrected chi connectivity index (χ2v) is 4.57. The first kappa shape index (κ1) is 13.2. The van der Waals surface area contributed by atoms with Gasteiger partial charge in [-0.05, 0) is 29.8 Å². The molecule has 2 N–H and O–H groups in total. The van der Waals surface area contributed by atoms with E-state index < -0.39 is 0 Å².